The highest BCUT2D eigenvalue weighted by Gasteiger charge is 2.18. The van der Waals surface area contributed by atoms with Crippen LogP contribution in [0.3, 0.4) is 0 Å². The number of nitrogens with zero attached hydrogens (tertiary/aromatic N) is 1. The van der Waals surface area contributed by atoms with E-state index in [4.69, 9.17) is 16.7 Å². The number of benzene rings is 1. The SMILES string of the molecule is Cn1ccc(C(=O)c2ccc(Cl)cc2)c1CC(=O)O. The standard InChI is InChI=1S/C14H12ClNO3/c1-16-7-6-11(12(16)8-13(17)18)14(19)9-2-4-10(15)5-3-9/h2-7H,8H2,1H3,(H,17,18). The second-order valence-corrected chi connectivity index (χ2v) is 4.63. The largest absolute Gasteiger partial charge is 0.481 e. The first-order valence-electron chi connectivity index (χ1n) is 5.65. The maximum Gasteiger partial charge on any atom is 0.309 e. The highest BCUT2D eigenvalue weighted by atomic mass is 35.5. The van der Waals surface area contributed by atoms with E-state index in [1.54, 1.807) is 48.1 Å². The lowest BCUT2D eigenvalue weighted by Gasteiger charge is -2.05. The molecule has 19 heavy (non-hydrogen) atoms. The number of carbonyl (C=O) groups excluding carboxylic acids is 1. The van der Waals surface area contributed by atoms with Crippen molar-refractivity contribution in [3.63, 3.8) is 0 Å². The molecule has 0 unspecified atom stereocenters. The van der Waals surface area contributed by atoms with Gasteiger partial charge in [0.05, 0.1) is 6.42 Å². The molecule has 0 saturated carbocycles. The molecule has 0 atom stereocenters. The van der Waals surface area contributed by atoms with Crippen LogP contribution in [0.5, 0.6) is 0 Å². The van der Waals surface area contributed by atoms with Gasteiger partial charge in [-0.15, -0.1) is 0 Å². The molecule has 0 bridgehead atoms. The number of carbonyl (C=O) groups is 2. The number of hydrogen-bond acceptors (Lipinski definition) is 2. The van der Waals surface area contributed by atoms with Gasteiger partial charge < -0.3 is 9.67 Å². The summed E-state index contributed by atoms with van der Waals surface area (Å²) >= 11 is 5.77. The zero-order valence-corrected chi connectivity index (χ0v) is 11.0. The van der Waals surface area contributed by atoms with Gasteiger partial charge in [-0.05, 0) is 30.3 Å². The molecule has 0 spiro atoms. The molecule has 1 aromatic carbocycles. The molecule has 0 radical (unpaired) electrons. The Morgan fingerprint density at radius 2 is 1.84 bits per heavy atom. The van der Waals surface area contributed by atoms with Crippen LogP contribution >= 0.6 is 11.6 Å². The molecule has 0 aliphatic heterocycles. The number of hydrogen-bond donors (Lipinski definition) is 1. The van der Waals surface area contributed by atoms with Crippen molar-refractivity contribution in [1.29, 1.82) is 0 Å². The lowest BCUT2D eigenvalue weighted by molar-refractivity contribution is -0.136. The van der Waals surface area contributed by atoms with E-state index >= 15 is 0 Å². The van der Waals surface area contributed by atoms with Gasteiger partial charge >= 0.3 is 5.97 Å². The van der Waals surface area contributed by atoms with Crippen LogP contribution in [0.15, 0.2) is 36.5 Å². The molecular formula is C14H12ClNO3. The first kappa shape index (κ1) is 13.4. The van der Waals surface area contributed by atoms with E-state index in [1.165, 1.54) is 0 Å². The van der Waals surface area contributed by atoms with Crippen LogP contribution in [0.1, 0.15) is 21.6 Å². The first-order chi connectivity index (χ1) is 8.99. The third kappa shape index (κ3) is 2.85. The molecule has 2 rings (SSSR count). The van der Waals surface area contributed by atoms with Gasteiger partial charge in [-0.3, -0.25) is 9.59 Å². The van der Waals surface area contributed by atoms with Crippen LogP contribution < -0.4 is 0 Å². The number of carboxylic acid groups (broad SMARTS) is 1. The molecule has 0 aliphatic carbocycles. The Morgan fingerprint density at radius 3 is 2.42 bits per heavy atom. The molecule has 0 amide bonds. The molecule has 1 heterocycles. The Bertz CT molecular complexity index is 629. The number of rotatable bonds is 4. The van der Waals surface area contributed by atoms with Gasteiger partial charge in [-0.2, -0.15) is 0 Å². The van der Waals surface area contributed by atoms with Crippen LogP contribution in [-0.2, 0) is 18.3 Å². The monoisotopic (exact) mass is 277 g/mol. The fourth-order valence-electron chi connectivity index (χ4n) is 1.89. The topological polar surface area (TPSA) is 59.3 Å². The molecule has 98 valence electrons. The van der Waals surface area contributed by atoms with Crippen molar-refractivity contribution < 1.29 is 14.7 Å². The molecule has 5 heteroatoms. The summed E-state index contributed by atoms with van der Waals surface area (Å²) in [5, 5.41) is 9.43. The van der Waals surface area contributed by atoms with Crippen molar-refractivity contribution in [1.82, 2.24) is 4.57 Å². The maximum atomic E-state index is 12.3. The summed E-state index contributed by atoms with van der Waals surface area (Å²) < 4.78 is 1.65. The van der Waals surface area contributed by atoms with Gasteiger partial charge in [0.25, 0.3) is 0 Å². The summed E-state index contributed by atoms with van der Waals surface area (Å²) in [5.41, 5.74) is 1.39. The molecule has 1 N–H and O–H groups in total. The quantitative estimate of drug-likeness (QED) is 0.874. The molecule has 2 aromatic rings. The van der Waals surface area contributed by atoms with E-state index in [0.717, 1.165) is 0 Å². The maximum absolute atomic E-state index is 12.3. The van der Waals surface area contributed by atoms with Crippen molar-refractivity contribution in [2.75, 3.05) is 0 Å². The zero-order valence-electron chi connectivity index (χ0n) is 10.3. The predicted molar refractivity (Wildman–Crippen MR) is 71.6 cm³/mol. The highest BCUT2D eigenvalue weighted by Crippen LogP contribution is 2.18. The van der Waals surface area contributed by atoms with Crippen molar-refractivity contribution in [2.45, 2.75) is 6.42 Å². The smallest absolute Gasteiger partial charge is 0.309 e. The van der Waals surface area contributed by atoms with Crippen molar-refractivity contribution in [3.8, 4) is 0 Å². The van der Waals surface area contributed by atoms with Crippen molar-refractivity contribution in [2.24, 2.45) is 7.05 Å². The minimum Gasteiger partial charge on any atom is -0.481 e. The summed E-state index contributed by atoms with van der Waals surface area (Å²) in [6.07, 6.45) is 1.50. The minimum atomic E-state index is -0.966. The Labute approximate surface area is 115 Å². The van der Waals surface area contributed by atoms with Crippen LogP contribution in [0.2, 0.25) is 5.02 Å². The van der Waals surface area contributed by atoms with E-state index in [2.05, 4.69) is 0 Å². The molecule has 0 fully saturated rings. The normalized spacial score (nSPS) is 10.4. The predicted octanol–water partition coefficient (Wildman–Crippen LogP) is 2.54. The Kier molecular flexibility index (Phi) is 3.71. The number of carboxylic acids is 1. The van der Waals surface area contributed by atoms with E-state index in [1.807, 2.05) is 0 Å². The average molecular weight is 278 g/mol. The zero-order chi connectivity index (χ0) is 14.0. The van der Waals surface area contributed by atoms with Gasteiger partial charge in [0, 0.05) is 35.1 Å². The Morgan fingerprint density at radius 1 is 1.21 bits per heavy atom. The highest BCUT2D eigenvalue weighted by molar-refractivity contribution is 6.30. The van der Waals surface area contributed by atoms with Gasteiger partial charge in [0.1, 0.15) is 0 Å². The summed E-state index contributed by atoms with van der Waals surface area (Å²) in [7, 11) is 1.72. The Balaban J connectivity index is 2.39. The number of halogens is 1. The second-order valence-electron chi connectivity index (χ2n) is 4.19. The van der Waals surface area contributed by atoms with Crippen LogP contribution in [0.25, 0.3) is 0 Å². The first-order valence-corrected chi connectivity index (χ1v) is 6.03. The van der Waals surface area contributed by atoms with Gasteiger partial charge in [-0.1, -0.05) is 11.6 Å². The van der Waals surface area contributed by atoms with Crippen LogP contribution in [0.4, 0.5) is 0 Å². The number of aromatic nitrogens is 1. The summed E-state index contributed by atoms with van der Waals surface area (Å²) in [6, 6.07) is 8.16. The molecule has 0 aliphatic rings. The van der Waals surface area contributed by atoms with E-state index in [-0.39, 0.29) is 12.2 Å². The van der Waals surface area contributed by atoms with Gasteiger partial charge in [0.15, 0.2) is 5.78 Å². The van der Waals surface area contributed by atoms with E-state index in [0.29, 0.717) is 21.8 Å². The fraction of sp³-hybridized carbons (Fsp3) is 0.143. The summed E-state index contributed by atoms with van der Waals surface area (Å²) in [4.78, 5) is 23.2. The number of aliphatic carboxylic acids is 1. The second kappa shape index (κ2) is 5.28. The van der Waals surface area contributed by atoms with Gasteiger partial charge in [-0.25, -0.2) is 0 Å². The lowest BCUT2D eigenvalue weighted by atomic mass is 10.0. The third-order valence-corrected chi connectivity index (χ3v) is 3.12. The van der Waals surface area contributed by atoms with Crippen LogP contribution in [0, 0.1) is 0 Å². The molecular weight excluding hydrogens is 266 g/mol. The van der Waals surface area contributed by atoms with Gasteiger partial charge in [0.2, 0.25) is 0 Å². The fourth-order valence-corrected chi connectivity index (χ4v) is 2.02. The number of aryl methyl sites for hydroxylation is 1. The summed E-state index contributed by atoms with van der Waals surface area (Å²) in [6.45, 7) is 0. The summed E-state index contributed by atoms with van der Waals surface area (Å²) in [5.74, 6) is -1.17. The Hall–Kier alpha value is -2.07. The van der Waals surface area contributed by atoms with Crippen LogP contribution in [-0.4, -0.2) is 21.4 Å². The molecule has 4 nitrogen and oxygen atoms in total. The van der Waals surface area contributed by atoms with E-state index in [9.17, 15) is 9.59 Å². The van der Waals surface area contributed by atoms with Crippen molar-refractivity contribution >= 4 is 23.4 Å². The lowest BCUT2D eigenvalue weighted by Crippen LogP contribution is -2.11. The van der Waals surface area contributed by atoms with Crippen molar-refractivity contribution in [3.05, 3.63) is 58.4 Å². The average Bonchev–Trinajstić information content (AvgIpc) is 2.71. The minimum absolute atomic E-state index is 0.182. The molecule has 1 aromatic heterocycles. The third-order valence-electron chi connectivity index (χ3n) is 2.87. The molecule has 0 saturated heterocycles. The number of ketones is 1. The van der Waals surface area contributed by atoms with E-state index < -0.39 is 5.97 Å².